The SMILES string of the molecule is C[C@H](O)[C@@]1(O)C[C@H]2[C@@H]3CC[C@]4(C)C[C@H](O)CC[C@]4(C)[C@H]3CC[C@]2(C)C1. The predicted octanol–water partition coefficient (Wildman–Crippen LogP) is 3.89. The Morgan fingerprint density at radius 2 is 1.64 bits per heavy atom. The molecule has 4 fully saturated rings. The number of aliphatic hydroxyl groups is 3. The zero-order valence-corrected chi connectivity index (χ0v) is 16.6. The van der Waals surface area contributed by atoms with Crippen LogP contribution in [0.4, 0.5) is 0 Å². The Morgan fingerprint density at radius 3 is 2.32 bits per heavy atom. The fourth-order valence-corrected chi connectivity index (χ4v) is 8.09. The third kappa shape index (κ3) is 2.41. The maximum absolute atomic E-state index is 11.1. The Bertz CT molecular complexity index is 547. The van der Waals surface area contributed by atoms with Crippen LogP contribution < -0.4 is 0 Å². The maximum atomic E-state index is 11.1. The van der Waals surface area contributed by atoms with Crippen LogP contribution >= 0.6 is 0 Å². The van der Waals surface area contributed by atoms with E-state index in [-0.39, 0.29) is 16.9 Å². The van der Waals surface area contributed by atoms with Gasteiger partial charge in [0, 0.05) is 0 Å². The van der Waals surface area contributed by atoms with E-state index in [2.05, 4.69) is 20.8 Å². The highest BCUT2D eigenvalue weighted by atomic mass is 16.3. The Kier molecular flexibility index (Phi) is 3.98. The van der Waals surface area contributed by atoms with Gasteiger partial charge in [-0.1, -0.05) is 20.8 Å². The average Bonchev–Trinajstić information content (AvgIpc) is 2.81. The lowest BCUT2D eigenvalue weighted by Crippen LogP contribution is -2.57. The lowest BCUT2D eigenvalue weighted by atomic mass is 9.40. The molecule has 9 atom stereocenters. The molecule has 0 heterocycles. The number of fused-ring (bicyclic) bond motifs is 5. The average molecular weight is 351 g/mol. The highest BCUT2D eigenvalue weighted by Gasteiger charge is 2.64. The molecule has 0 bridgehead atoms. The Morgan fingerprint density at radius 1 is 0.920 bits per heavy atom. The minimum Gasteiger partial charge on any atom is -0.393 e. The van der Waals surface area contributed by atoms with Gasteiger partial charge in [-0.15, -0.1) is 0 Å². The summed E-state index contributed by atoms with van der Waals surface area (Å²) >= 11 is 0. The van der Waals surface area contributed by atoms with Crippen molar-refractivity contribution in [1.29, 1.82) is 0 Å². The van der Waals surface area contributed by atoms with Crippen LogP contribution in [-0.4, -0.2) is 33.1 Å². The maximum Gasteiger partial charge on any atom is 0.0910 e. The third-order valence-corrected chi connectivity index (χ3v) is 9.93. The van der Waals surface area contributed by atoms with Gasteiger partial charge in [0.2, 0.25) is 0 Å². The molecule has 0 aromatic heterocycles. The van der Waals surface area contributed by atoms with Crippen molar-refractivity contribution in [2.24, 2.45) is 34.0 Å². The van der Waals surface area contributed by atoms with Gasteiger partial charge in [-0.2, -0.15) is 0 Å². The fourth-order valence-electron chi connectivity index (χ4n) is 8.09. The van der Waals surface area contributed by atoms with Crippen LogP contribution in [0.5, 0.6) is 0 Å². The molecule has 4 saturated carbocycles. The molecule has 4 aliphatic carbocycles. The van der Waals surface area contributed by atoms with Gasteiger partial charge in [-0.3, -0.25) is 0 Å². The summed E-state index contributed by atoms with van der Waals surface area (Å²) in [5.74, 6) is 1.94. The minimum absolute atomic E-state index is 0.115. The molecule has 0 unspecified atom stereocenters. The van der Waals surface area contributed by atoms with E-state index in [1.807, 2.05) is 0 Å². The first-order valence-electron chi connectivity index (χ1n) is 10.6. The van der Waals surface area contributed by atoms with Gasteiger partial charge >= 0.3 is 0 Å². The molecule has 0 saturated heterocycles. The second-order valence-electron chi connectivity index (χ2n) is 11.1. The molecule has 3 nitrogen and oxygen atoms in total. The van der Waals surface area contributed by atoms with E-state index in [1.165, 1.54) is 25.7 Å². The quantitative estimate of drug-likeness (QED) is 0.672. The van der Waals surface area contributed by atoms with Crippen molar-refractivity contribution in [1.82, 2.24) is 0 Å². The number of hydrogen-bond donors (Lipinski definition) is 3. The molecule has 0 aromatic carbocycles. The molecule has 3 heteroatoms. The number of rotatable bonds is 1. The van der Waals surface area contributed by atoms with Crippen molar-refractivity contribution in [3.8, 4) is 0 Å². The van der Waals surface area contributed by atoms with Crippen molar-refractivity contribution in [3.05, 3.63) is 0 Å². The fraction of sp³-hybridized carbons (Fsp3) is 1.00. The normalized spacial score (nSPS) is 59.6. The van der Waals surface area contributed by atoms with Gasteiger partial charge in [0.05, 0.1) is 17.8 Å². The summed E-state index contributed by atoms with van der Waals surface area (Å²) in [6, 6.07) is 0. The van der Waals surface area contributed by atoms with Crippen molar-refractivity contribution in [2.75, 3.05) is 0 Å². The third-order valence-electron chi connectivity index (χ3n) is 9.93. The highest BCUT2D eigenvalue weighted by Crippen LogP contribution is 2.70. The van der Waals surface area contributed by atoms with Gasteiger partial charge in [0.15, 0.2) is 0 Å². The molecule has 3 N–H and O–H groups in total. The molecule has 144 valence electrons. The number of hydrogen-bond acceptors (Lipinski definition) is 3. The lowest BCUT2D eigenvalue weighted by Gasteiger charge is -2.64. The molecular formula is C22H38O3. The summed E-state index contributed by atoms with van der Waals surface area (Å²) < 4.78 is 0. The topological polar surface area (TPSA) is 60.7 Å². The second kappa shape index (κ2) is 5.45. The predicted molar refractivity (Wildman–Crippen MR) is 99.0 cm³/mol. The van der Waals surface area contributed by atoms with E-state index >= 15 is 0 Å². The first-order chi connectivity index (χ1) is 11.5. The Labute approximate surface area is 153 Å². The molecule has 4 aliphatic rings. The molecule has 0 aliphatic heterocycles. The molecule has 25 heavy (non-hydrogen) atoms. The molecule has 0 spiro atoms. The van der Waals surface area contributed by atoms with E-state index in [4.69, 9.17) is 0 Å². The standard InChI is InChI=1S/C22H38O3/c1-14(23)22(25)12-18-16-6-9-20(3)11-15(24)5-10-21(20,4)17(16)7-8-19(18,2)13-22/h14-18,23-25H,5-13H2,1-4H3/t14-,15+,16+,17-,18-,19+,20+,21+,22+/m0/s1. The van der Waals surface area contributed by atoms with Gasteiger partial charge in [0.1, 0.15) is 0 Å². The first-order valence-corrected chi connectivity index (χ1v) is 10.6. The monoisotopic (exact) mass is 350 g/mol. The van der Waals surface area contributed by atoms with E-state index in [1.54, 1.807) is 6.92 Å². The summed E-state index contributed by atoms with van der Waals surface area (Å²) in [4.78, 5) is 0. The van der Waals surface area contributed by atoms with Crippen LogP contribution in [0.25, 0.3) is 0 Å². The van der Waals surface area contributed by atoms with Crippen LogP contribution in [0.15, 0.2) is 0 Å². The summed E-state index contributed by atoms with van der Waals surface area (Å²) in [5.41, 5.74) is -0.120. The molecule has 0 radical (unpaired) electrons. The highest BCUT2D eigenvalue weighted by molar-refractivity contribution is 5.14. The lowest BCUT2D eigenvalue weighted by molar-refractivity contribution is -0.166. The number of aliphatic hydroxyl groups excluding tert-OH is 2. The van der Waals surface area contributed by atoms with Gasteiger partial charge in [-0.25, -0.2) is 0 Å². The summed E-state index contributed by atoms with van der Waals surface area (Å²) in [6.07, 6.45) is 8.74. The molecule has 0 aromatic rings. The van der Waals surface area contributed by atoms with Crippen molar-refractivity contribution in [2.45, 2.75) is 103 Å². The molecule has 4 rings (SSSR count). The Balaban J connectivity index is 1.65. The smallest absolute Gasteiger partial charge is 0.0910 e. The Hall–Kier alpha value is -0.120. The van der Waals surface area contributed by atoms with E-state index in [0.717, 1.165) is 32.1 Å². The van der Waals surface area contributed by atoms with Crippen LogP contribution in [0.3, 0.4) is 0 Å². The van der Waals surface area contributed by atoms with E-state index in [0.29, 0.717) is 23.2 Å². The second-order valence-corrected chi connectivity index (χ2v) is 11.1. The van der Waals surface area contributed by atoms with E-state index in [9.17, 15) is 15.3 Å². The first kappa shape index (κ1) is 18.3. The molecular weight excluding hydrogens is 312 g/mol. The van der Waals surface area contributed by atoms with Crippen LogP contribution in [-0.2, 0) is 0 Å². The van der Waals surface area contributed by atoms with Gasteiger partial charge in [-0.05, 0) is 98.7 Å². The van der Waals surface area contributed by atoms with Crippen molar-refractivity contribution >= 4 is 0 Å². The zero-order chi connectivity index (χ0) is 18.3. The van der Waals surface area contributed by atoms with Crippen LogP contribution in [0, 0.1) is 34.0 Å². The summed E-state index contributed by atoms with van der Waals surface area (Å²) in [6.45, 7) is 9.07. The van der Waals surface area contributed by atoms with Gasteiger partial charge < -0.3 is 15.3 Å². The summed E-state index contributed by atoms with van der Waals surface area (Å²) in [5, 5.41) is 31.5. The largest absolute Gasteiger partial charge is 0.393 e. The van der Waals surface area contributed by atoms with Crippen molar-refractivity contribution in [3.63, 3.8) is 0 Å². The molecule has 0 amide bonds. The van der Waals surface area contributed by atoms with Crippen LogP contribution in [0.2, 0.25) is 0 Å². The summed E-state index contributed by atoms with van der Waals surface area (Å²) in [7, 11) is 0. The zero-order valence-electron chi connectivity index (χ0n) is 16.6. The van der Waals surface area contributed by atoms with Crippen molar-refractivity contribution < 1.29 is 15.3 Å². The van der Waals surface area contributed by atoms with E-state index < -0.39 is 11.7 Å². The van der Waals surface area contributed by atoms with Gasteiger partial charge in [0.25, 0.3) is 0 Å². The van der Waals surface area contributed by atoms with Crippen LogP contribution in [0.1, 0.15) is 85.5 Å². The minimum atomic E-state index is -0.890.